The van der Waals surface area contributed by atoms with E-state index in [0.29, 0.717) is 25.3 Å². The van der Waals surface area contributed by atoms with Crippen molar-refractivity contribution in [3.63, 3.8) is 0 Å². The molecule has 0 saturated carbocycles. The second-order valence-electron chi connectivity index (χ2n) is 9.74. The lowest BCUT2D eigenvalue weighted by Crippen LogP contribution is -2.33. The van der Waals surface area contributed by atoms with Crippen LogP contribution in [0.25, 0.3) is 5.57 Å². The lowest BCUT2D eigenvalue weighted by Gasteiger charge is -2.19. The van der Waals surface area contributed by atoms with Crippen molar-refractivity contribution in [2.45, 2.75) is 38.9 Å². The first kappa shape index (κ1) is 32.5. The highest BCUT2D eigenvalue weighted by Gasteiger charge is 2.23. The summed E-state index contributed by atoms with van der Waals surface area (Å²) in [5.74, 6) is -0.732. The lowest BCUT2D eigenvalue weighted by molar-refractivity contribution is -0.129. The number of H-pyrrole nitrogens is 1. The number of carbonyl (C=O) groups is 2. The molecule has 2 aromatic heterocycles. The Kier molecular flexibility index (Phi) is 11.9. The summed E-state index contributed by atoms with van der Waals surface area (Å²) in [6.45, 7) is 6.42. The number of nitrogens with zero attached hydrogens (tertiary/aromatic N) is 6. The monoisotopic (exact) mass is 614 g/mol. The molecule has 0 aliphatic heterocycles. The molecule has 6 N–H and O–H groups in total. The highest BCUT2D eigenvalue weighted by Crippen LogP contribution is 2.21. The Balaban J connectivity index is 1.58. The van der Waals surface area contributed by atoms with Crippen molar-refractivity contribution < 1.29 is 29.0 Å². The van der Waals surface area contributed by atoms with E-state index in [1.807, 2.05) is 39.1 Å². The van der Waals surface area contributed by atoms with Crippen molar-refractivity contribution >= 4 is 46.0 Å². The van der Waals surface area contributed by atoms with Gasteiger partial charge in [0.25, 0.3) is 0 Å². The van der Waals surface area contributed by atoms with Crippen molar-refractivity contribution in [2.24, 2.45) is 10.1 Å². The van der Waals surface area contributed by atoms with E-state index >= 15 is 0 Å². The molecule has 1 amide bonds. The summed E-state index contributed by atoms with van der Waals surface area (Å²) in [5, 5.41) is 34.5. The van der Waals surface area contributed by atoms with Crippen LogP contribution < -0.4 is 21.1 Å². The van der Waals surface area contributed by atoms with Gasteiger partial charge in [0.2, 0.25) is 17.6 Å². The Morgan fingerprint density at radius 3 is 2.60 bits per heavy atom. The minimum atomic E-state index is -1.35. The average molecular weight is 615 g/mol. The average Bonchev–Trinajstić information content (AvgIpc) is 3.63. The van der Waals surface area contributed by atoms with Crippen LogP contribution in [0.3, 0.4) is 0 Å². The van der Waals surface area contributed by atoms with Crippen molar-refractivity contribution in [2.75, 3.05) is 32.5 Å². The van der Waals surface area contributed by atoms with E-state index in [-0.39, 0.29) is 23.3 Å². The van der Waals surface area contributed by atoms with Gasteiger partial charge in [-0.25, -0.2) is 14.6 Å². The molecule has 0 fully saturated rings. The molecule has 0 saturated heterocycles. The molecule has 0 bridgehead atoms. The largest absolute Gasteiger partial charge is 0.489 e. The molecule has 17 heteroatoms. The Labute approximate surface area is 251 Å². The van der Waals surface area contributed by atoms with Crippen LogP contribution in [0.15, 0.2) is 46.0 Å². The number of aromatic nitrogens is 5. The highest BCUT2D eigenvalue weighted by molar-refractivity contribution is 7.13. The van der Waals surface area contributed by atoms with Gasteiger partial charge in [-0.1, -0.05) is 22.5 Å². The third-order valence-corrected chi connectivity index (χ3v) is 5.84. The molecule has 1 atom stereocenters. The van der Waals surface area contributed by atoms with Crippen LogP contribution in [0.4, 0.5) is 9.93 Å². The van der Waals surface area contributed by atoms with Gasteiger partial charge in [-0.05, 0) is 44.9 Å². The fourth-order valence-corrected chi connectivity index (χ4v) is 3.84. The van der Waals surface area contributed by atoms with Crippen LogP contribution in [-0.2, 0) is 14.4 Å². The van der Waals surface area contributed by atoms with Gasteiger partial charge in [0.05, 0.1) is 0 Å². The van der Waals surface area contributed by atoms with E-state index in [2.05, 4.69) is 46.4 Å². The molecular formula is C26H34N10O6S. The molecule has 230 valence electrons. The van der Waals surface area contributed by atoms with Gasteiger partial charge in [-0.2, -0.15) is 5.21 Å². The Morgan fingerprint density at radius 1 is 1.23 bits per heavy atom. The number of allylic oxidation sites excluding steroid dienone is 1. The smallest absolute Gasteiger partial charge is 0.407 e. The number of hydrogen-bond acceptors (Lipinski definition) is 14. The lowest BCUT2D eigenvalue weighted by atomic mass is 10.1. The first-order valence-electron chi connectivity index (χ1n) is 13.0. The van der Waals surface area contributed by atoms with Gasteiger partial charge in [0.15, 0.2) is 5.13 Å². The van der Waals surface area contributed by atoms with E-state index in [4.69, 9.17) is 20.0 Å². The third-order valence-electron chi connectivity index (χ3n) is 5.17. The summed E-state index contributed by atoms with van der Waals surface area (Å²) >= 11 is 1.07. The first-order chi connectivity index (χ1) is 20.6. The number of carboxylic acids is 1. The number of carboxylic acid groups (broad SMARTS) is 1. The molecule has 2 heterocycles. The minimum Gasteiger partial charge on any atom is -0.489 e. The predicted molar refractivity (Wildman–Crippen MR) is 160 cm³/mol. The zero-order valence-electron chi connectivity index (χ0n) is 24.1. The second kappa shape index (κ2) is 15.8. The number of nitrogens with one attached hydrogen (secondary N) is 3. The number of hydrogen-bond donors (Lipinski definition) is 5. The maximum Gasteiger partial charge on any atom is 0.407 e. The molecule has 1 aromatic carbocycles. The van der Waals surface area contributed by atoms with Crippen molar-refractivity contribution in [1.82, 2.24) is 36.2 Å². The number of nitrogens with two attached hydrogens (primary N) is 1. The summed E-state index contributed by atoms with van der Waals surface area (Å²) in [7, 11) is 1.68. The van der Waals surface area contributed by atoms with Crippen molar-refractivity contribution in [3.05, 3.63) is 52.9 Å². The van der Waals surface area contributed by atoms with Gasteiger partial charge in [0, 0.05) is 43.5 Å². The summed E-state index contributed by atoms with van der Waals surface area (Å²) in [6, 6.07) is 7.22. The molecule has 43 heavy (non-hydrogen) atoms. The number of thiazole rings is 1. The highest BCUT2D eigenvalue weighted by atomic mass is 32.1. The summed E-state index contributed by atoms with van der Waals surface area (Å²) < 4.78 is 11.1. The zero-order valence-corrected chi connectivity index (χ0v) is 24.9. The van der Waals surface area contributed by atoms with Crippen LogP contribution in [0.1, 0.15) is 50.4 Å². The Hall–Kier alpha value is -5.06. The second-order valence-corrected chi connectivity index (χ2v) is 10.6. The van der Waals surface area contributed by atoms with Crippen LogP contribution in [0.2, 0.25) is 0 Å². The predicted octanol–water partition coefficient (Wildman–Crippen LogP) is 2.41. The van der Waals surface area contributed by atoms with Crippen LogP contribution in [0, 0.1) is 0 Å². The summed E-state index contributed by atoms with van der Waals surface area (Å²) in [4.78, 5) is 36.9. The number of aliphatic imine (C=N–C) groups is 1. The molecule has 0 aliphatic carbocycles. The molecule has 16 nitrogen and oxygen atoms in total. The first-order valence-corrected chi connectivity index (χ1v) is 13.9. The SMILES string of the molecule is C/N=C/C(=C\NCCCNC(=O)OC(C)(C)C)c1ccc(OCC(O/N=C(\C(=O)O)c2csc(N)n2)c2nn[nH]n2)cc1. The van der Waals surface area contributed by atoms with Gasteiger partial charge in [-0.15, -0.1) is 21.5 Å². The standard InChI is InChI=1S/C26H34N10O6S/c1-26(2,3)41-25(39)30-11-5-10-29-13-17(12-28-4)16-6-8-18(9-7-16)40-14-20(22-32-35-36-33-22)42-34-21(23(37)38)19-15-43-24(27)31-19/h6-9,12-13,15,20,29H,5,10-11,14H2,1-4H3,(H2,27,31)(H,30,39)(H,37,38)(H,32,33,35,36)/b17-13+,28-12+,34-21-. The normalized spacial score (nSPS) is 13.0. The number of aromatic amines is 1. The zero-order chi connectivity index (χ0) is 31.2. The van der Waals surface area contributed by atoms with E-state index in [0.717, 1.165) is 22.5 Å². The third kappa shape index (κ3) is 11.0. The number of amides is 1. The fourth-order valence-electron chi connectivity index (χ4n) is 3.29. The van der Waals surface area contributed by atoms with Gasteiger partial charge >= 0.3 is 12.1 Å². The summed E-state index contributed by atoms with van der Waals surface area (Å²) in [5.41, 5.74) is 6.41. The number of benzene rings is 1. The van der Waals surface area contributed by atoms with E-state index in [1.54, 1.807) is 25.4 Å². The molecule has 3 rings (SSSR count). The number of rotatable bonds is 15. The molecule has 0 spiro atoms. The Bertz CT molecular complexity index is 1410. The van der Waals surface area contributed by atoms with Crippen molar-refractivity contribution in [3.8, 4) is 5.75 Å². The quantitative estimate of drug-likeness (QED) is 0.0945. The fraction of sp³-hybridized carbons (Fsp3) is 0.385. The molecule has 0 aliphatic rings. The van der Waals surface area contributed by atoms with E-state index < -0.39 is 29.5 Å². The minimum absolute atomic E-state index is 0.0600. The van der Waals surface area contributed by atoms with Crippen LogP contribution in [0.5, 0.6) is 5.75 Å². The number of aliphatic carboxylic acids is 1. The number of ether oxygens (including phenoxy) is 2. The van der Waals surface area contributed by atoms with E-state index in [1.165, 1.54) is 5.38 Å². The molecule has 3 aromatic rings. The Morgan fingerprint density at radius 2 is 2.00 bits per heavy atom. The summed E-state index contributed by atoms with van der Waals surface area (Å²) in [6.07, 6.45) is 2.82. The number of nitrogen functional groups attached to an aromatic ring is 1. The maximum atomic E-state index is 11.7. The topological polar surface area (TPSA) is 224 Å². The van der Waals surface area contributed by atoms with Crippen LogP contribution in [-0.4, -0.2) is 87.0 Å². The molecule has 1 unspecified atom stereocenters. The number of anilines is 1. The molecule has 0 radical (unpaired) electrons. The van der Waals surface area contributed by atoms with Gasteiger partial charge in [-0.3, -0.25) is 4.99 Å². The van der Waals surface area contributed by atoms with E-state index in [9.17, 15) is 14.7 Å². The number of carbonyl (C=O) groups excluding carboxylic acids is 1. The number of tetrazole rings is 1. The number of alkyl carbamates (subject to hydrolysis) is 1. The van der Waals surface area contributed by atoms with Gasteiger partial charge in [0.1, 0.15) is 23.7 Å². The number of oxime groups is 1. The maximum absolute atomic E-state index is 11.7. The molecular weight excluding hydrogens is 580 g/mol. The van der Waals surface area contributed by atoms with Gasteiger partial charge < -0.3 is 35.8 Å². The van der Waals surface area contributed by atoms with Crippen molar-refractivity contribution in [1.29, 1.82) is 0 Å². The van der Waals surface area contributed by atoms with Crippen LogP contribution >= 0.6 is 11.3 Å².